The summed E-state index contributed by atoms with van der Waals surface area (Å²) in [4.78, 5) is 0. The van der Waals surface area contributed by atoms with Gasteiger partial charge in [-0.05, 0) is 117 Å². The molecule has 0 atom stereocenters. The van der Waals surface area contributed by atoms with E-state index in [4.69, 9.17) is 0 Å². The second-order valence-corrected chi connectivity index (χ2v) is 14.0. The molecule has 10 aromatic carbocycles. The summed E-state index contributed by atoms with van der Waals surface area (Å²) in [5.74, 6) is 0. The summed E-state index contributed by atoms with van der Waals surface area (Å²) in [7, 11) is 0. The van der Waals surface area contributed by atoms with Crippen molar-refractivity contribution in [2.24, 2.45) is 0 Å². The fraction of sp³-hybridized carbons (Fsp3) is 0. The summed E-state index contributed by atoms with van der Waals surface area (Å²) < 4.78 is 0. The van der Waals surface area contributed by atoms with Crippen LogP contribution in [-0.2, 0) is 0 Å². The molecule has 10 aromatic rings. The van der Waals surface area contributed by atoms with E-state index in [1.54, 1.807) is 0 Å². The van der Waals surface area contributed by atoms with Crippen LogP contribution in [0.3, 0.4) is 0 Å². The van der Waals surface area contributed by atoms with Crippen LogP contribution in [0.4, 0.5) is 0 Å². The molecule has 0 heteroatoms. The van der Waals surface area contributed by atoms with Gasteiger partial charge < -0.3 is 0 Å². The Kier molecular flexibility index (Phi) is 7.93. The predicted octanol–water partition coefficient (Wildman–Crippen LogP) is 15.1. The quantitative estimate of drug-likeness (QED) is 0.153. The molecular formula is C54H36. The van der Waals surface area contributed by atoms with Gasteiger partial charge >= 0.3 is 0 Å². The maximum Gasteiger partial charge on any atom is -0.00261 e. The van der Waals surface area contributed by atoms with Gasteiger partial charge in [-0.15, -0.1) is 0 Å². The summed E-state index contributed by atoms with van der Waals surface area (Å²) in [6.45, 7) is 0. The van der Waals surface area contributed by atoms with Gasteiger partial charge in [0, 0.05) is 0 Å². The molecule has 0 bridgehead atoms. The average molecular weight is 685 g/mol. The van der Waals surface area contributed by atoms with E-state index < -0.39 is 0 Å². The highest BCUT2D eigenvalue weighted by atomic mass is 14.2. The van der Waals surface area contributed by atoms with Crippen molar-refractivity contribution in [2.75, 3.05) is 0 Å². The van der Waals surface area contributed by atoms with Crippen molar-refractivity contribution < 1.29 is 0 Å². The standard InChI is InChI=1S/C54H36/c1-3-16-37(17-4-1)41-22-15-23-42(34-41)45-24-9-10-25-47(45)52-36-44(32-33-46(52)43-31-30-38-18-7-8-21-40(38)35-43)54-50-28-13-11-26-48(50)53(39-19-5-2-6-20-39)49-27-12-14-29-51(49)54/h1-36H. The Bertz CT molecular complexity index is 2910. The van der Waals surface area contributed by atoms with E-state index in [9.17, 15) is 0 Å². The molecule has 252 valence electrons. The van der Waals surface area contributed by atoms with Crippen molar-refractivity contribution in [1.29, 1.82) is 0 Å². The minimum absolute atomic E-state index is 1.20. The molecule has 0 heterocycles. The van der Waals surface area contributed by atoms with E-state index in [0.717, 1.165) is 0 Å². The molecule has 0 aromatic heterocycles. The van der Waals surface area contributed by atoms with Gasteiger partial charge in [-0.3, -0.25) is 0 Å². The van der Waals surface area contributed by atoms with Crippen LogP contribution in [0.1, 0.15) is 0 Å². The molecule has 54 heavy (non-hydrogen) atoms. The maximum absolute atomic E-state index is 2.45. The van der Waals surface area contributed by atoms with Gasteiger partial charge in [0.05, 0.1) is 0 Å². The van der Waals surface area contributed by atoms with Crippen molar-refractivity contribution in [3.05, 3.63) is 218 Å². The Labute approximate surface area is 316 Å². The van der Waals surface area contributed by atoms with Crippen molar-refractivity contribution in [3.8, 4) is 66.8 Å². The Morgan fingerprint density at radius 1 is 0.185 bits per heavy atom. The van der Waals surface area contributed by atoms with E-state index in [0.29, 0.717) is 0 Å². The zero-order valence-corrected chi connectivity index (χ0v) is 29.8. The molecule has 0 saturated carbocycles. The van der Waals surface area contributed by atoms with E-state index in [1.165, 1.54) is 99.1 Å². The van der Waals surface area contributed by atoms with Crippen molar-refractivity contribution in [2.45, 2.75) is 0 Å². The highest BCUT2D eigenvalue weighted by Gasteiger charge is 2.19. The van der Waals surface area contributed by atoms with Crippen LogP contribution in [0.2, 0.25) is 0 Å². The first kappa shape index (κ1) is 31.7. The molecule has 0 unspecified atom stereocenters. The monoisotopic (exact) mass is 684 g/mol. The molecule has 0 N–H and O–H groups in total. The Balaban J connectivity index is 1.25. The minimum Gasteiger partial charge on any atom is -0.0622 e. The molecule has 0 saturated heterocycles. The normalized spacial score (nSPS) is 11.3. The zero-order chi connectivity index (χ0) is 35.8. The van der Waals surface area contributed by atoms with Crippen LogP contribution in [0, 0.1) is 0 Å². The lowest BCUT2D eigenvalue weighted by Crippen LogP contribution is -1.94. The maximum atomic E-state index is 2.45. The first-order valence-corrected chi connectivity index (χ1v) is 18.7. The van der Waals surface area contributed by atoms with Gasteiger partial charge in [0.15, 0.2) is 0 Å². The first-order valence-electron chi connectivity index (χ1n) is 18.7. The smallest absolute Gasteiger partial charge is 0.00261 e. The minimum atomic E-state index is 1.20. The van der Waals surface area contributed by atoms with Gasteiger partial charge in [-0.25, -0.2) is 0 Å². The third kappa shape index (κ3) is 5.57. The molecule has 0 nitrogen and oxygen atoms in total. The van der Waals surface area contributed by atoms with Gasteiger partial charge in [0.25, 0.3) is 0 Å². The van der Waals surface area contributed by atoms with Gasteiger partial charge in [0.2, 0.25) is 0 Å². The van der Waals surface area contributed by atoms with E-state index in [-0.39, 0.29) is 0 Å². The number of rotatable bonds is 6. The summed E-state index contributed by atoms with van der Waals surface area (Å²) in [6, 6.07) is 79.8. The van der Waals surface area contributed by atoms with Gasteiger partial charge in [-0.2, -0.15) is 0 Å². The lowest BCUT2D eigenvalue weighted by Gasteiger charge is -2.20. The lowest BCUT2D eigenvalue weighted by atomic mass is 9.83. The average Bonchev–Trinajstić information content (AvgIpc) is 3.26. The topological polar surface area (TPSA) is 0 Å². The van der Waals surface area contributed by atoms with Crippen LogP contribution in [0.5, 0.6) is 0 Å². The molecule has 0 spiro atoms. The first-order chi connectivity index (χ1) is 26.8. The van der Waals surface area contributed by atoms with E-state index in [1.807, 2.05) is 0 Å². The molecule has 10 rings (SSSR count). The summed E-state index contributed by atoms with van der Waals surface area (Å²) >= 11 is 0. The fourth-order valence-electron chi connectivity index (χ4n) is 8.35. The highest BCUT2D eigenvalue weighted by molar-refractivity contribution is 6.21. The third-order valence-corrected chi connectivity index (χ3v) is 10.9. The van der Waals surface area contributed by atoms with Crippen molar-refractivity contribution in [1.82, 2.24) is 0 Å². The fourth-order valence-corrected chi connectivity index (χ4v) is 8.35. The van der Waals surface area contributed by atoms with Gasteiger partial charge in [0.1, 0.15) is 0 Å². The molecule has 0 aliphatic heterocycles. The van der Waals surface area contributed by atoms with E-state index >= 15 is 0 Å². The molecular weight excluding hydrogens is 649 g/mol. The Hall–Kier alpha value is -7.02. The SMILES string of the molecule is c1ccc(-c2cccc(-c3ccccc3-c3cc(-c4c5ccccc5c(-c5ccccc5)c5ccccc45)ccc3-c3ccc4ccccc4c3)c2)cc1. The van der Waals surface area contributed by atoms with Crippen LogP contribution < -0.4 is 0 Å². The predicted molar refractivity (Wildman–Crippen MR) is 232 cm³/mol. The Morgan fingerprint density at radius 3 is 1.33 bits per heavy atom. The largest absolute Gasteiger partial charge is 0.0622 e. The summed E-state index contributed by atoms with van der Waals surface area (Å²) in [5, 5.41) is 7.51. The van der Waals surface area contributed by atoms with Crippen LogP contribution >= 0.6 is 0 Å². The number of hydrogen-bond donors (Lipinski definition) is 0. The van der Waals surface area contributed by atoms with Crippen LogP contribution in [0.15, 0.2) is 218 Å². The molecule has 0 aliphatic carbocycles. The van der Waals surface area contributed by atoms with Crippen LogP contribution in [0.25, 0.3) is 99.1 Å². The van der Waals surface area contributed by atoms with E-state index in [2.05, 4.69) is 218 Å². The summed E-state index contributed by atoms with van der Waals surface area (Å²) in [6.07, 6.45) is 0. The molecule has 0 radical (unpaired) electrons. The zero-order valence-electron chi connectivity index (χ0n) is 29.8. The third-order valence-electron chi connectivity index (χ3n) is 10.9. The Morgan fingerprint density at radius 2 is 0.648 bits per heavy atom. The van der Waals surface area contributed by atoms with Gasteiger partial charge in [-0.1, -0.05) is 200 Å². The summed E-state index contributed by atoms with van der Waals surface area (Å²) in [5.41, 5.74) is 14.7. The number of benzene rings is 10. The second kappa shape index (κ2) is 13.5. The molecule has 0 aliphatic rings. The number of fused-ring (bicyclic) bond motifs is 3. The second-order valence-electron chi connectivity index (χ2n) is 14.0. The van der Waals surface area contributed by atoms with Crippen molar-refractivity contribution in [3.63, 3.8) is 0 Å². The lowest BCUT2D eigenvalue weighted by molar-refractivity contribution is 1.56. The molecule has 0 fully saturated rings. The van der Waals surface area contributed by atoms with Crippen molar-refractivity contribution >= 4 is 32.3 Å². The number of hydrogen-bond acceptors (Lipinski definition) is 0. The highest BCUT2D eigenvalue weighted by Crippen LogP contribution is 2.47. The van der Waals surface area contributed by atoms with Crippen LogP contribution in [-0.4, -0.2) is 0 Å². The molecule has 0 amide bonds.